The molecule has 8 nitrogen and oxygen atoms in total. The zero-order valence-corrected chi connectivity index (χ0v) is 18.3. The Bertz CT molecular complexity index is 1020. The average Bonchev–Trinajstić information content (AvgIpc) is 3.20. The summed E-state index contributed by atoms with van der Waals surface area (Å²) < 4.78 is 37.7. The minimum Gasteiger partial charge on any atom is -0.494 e. The number of anilines is 2. The second kappa shape index (κ2) is 10.5. The highest BCUT2D eigenvalue weighted by molar-refractivity contribution is 5.62. The van der Waals surface area contributed by atoms with Gasteiger partial charge in [-0.1, -0.05) is 0 Å². The van der Waals surface area contributed by atoms with E-state index in [1.165, 1.54) is 6.92 Å². The Balaban J connectivity index is 1.70. The van der Waals surface area contributed by atoms with Crippen molar-refractivity contribution >= 4 is 11.6 Å². The lowest BCUT2D eigenvalue weighted by molar-refractivity contribution is -0.0733. The number of hydrogen-bond donors (Lipinski definition) is 2. The second-order valence-corrected chi connectivity index (χ2v) is 7.72. The normalized spacial score (nSPS) is 13.2. The van der Waals surface area contributed by atoms with Gasteiger partial charge < -0.3 is 24.5 Å². The number of aliphatic hydroxyl groups is 1. The molecule has 0 aliphatic carbocycles. The van der Waals surface area contributed by atoms with Crippen molar-refractivity contribution in [3.05, 3.63) is 54.4 Å². The summed E-state index contributed by atoms with van der Waals surface area (Å²) in [6.07, 6.45) is 4.13. The minimum atomic E-state index is -1.35. The first kappa shape index (κ1) is 23.6. The number of imidazole rings is 1. The maximum absolute atomic E-state index is 12.6. The molecule has 172 valence electrons. The molecule has 0 aliphatic heterocycles. The van der Waals surface area contributed by atoms with Gasteiger partial charge in [0.1, 0.15) is 25.2 Å². The van der Waals surface area contributed by atoms with E-state index >= 15 is 0 Å². The van der Waals surface area contributed by atoms with E-state index in [0.29, 0.717) is 23.1 Å². The number of aromatic nitrogens is 4. The van der Waals surface area contributed by atoms with E-state index < -0.39 is 25.1 Å². The lowest BCUT2D eigenvalue weighted by Crippen LogP contribution is -2.36. The van der Waals surface area contributed by atoms with Crippen LogP contribution in [-0.2, 0) is 11.2 Å². The molecule has 0 saturated carbocycles. The summed E-state index contributed by atoms with van der Waals surface area (Å²) in [5.41, 5.74) is 1.64. The fraction of sp³-hybridized carbons (Fsp3) is 0.409. The van der Waals surface area contributed by atoms with Gasteiger partial charge in [-0.05, 0) is 32.0 Å². The van der Waals surface area contributed by atoms with Crippen molar-refractivity contribution in [2.45, 2.75) is 32.0 Å². The predicted molar refractivity (Wildman–Crippen MR) is 116 cm³/mol. The summed E-state index contributed by atoms with van der Waals surface area (Å²) >= 11 is 0. The highest BCUT2D eigenvalue weighted by Gasteiger charge is 2.24. The fourth-order valence-corrected chi connectivity index (χ4v) is 3.07. The van der Waals surface area contributed by atoms with E-state index in [2.05, 4.69) is 20.3 Å². The third-order valence-electron chi connectivity index (χ3n) is 4.68. The average molecular weight is 447 g/mol. The molecule has 10 heteroatoms. The lowest BCUT2D eigenvalue weighted by Gasteiger charge is -2.24. The molecule has 3 aromatic rings. The monoisotopic (exact) mass is 447 g/mol. The van der Waals surface area contributed by atoms with Crippen LogP contribution in [0.2, 0.25) is 0 Å². The van der Waals surface area contributed by atoms with Crippen LogP contribution in [0, 0.1) is 6.92 Å². The number of nitrogens with zero attached hydrogens (tertiary/aromatic N) is 4. The molecular weight excluding hydrogens is 420 g/mol. The molecule has 0 fully saturated rings. The highest BCUT2D eigenvalue weighted by atomic mass is 19.1. The molecule has 0 amide bonds. The number of hydrogen-bond acceptors (Lipinski definition) is 7. The Labute approximate surface area is 185 Å². The third-order valence-corrected chi connectivity index (χ3v) is 4.68. The van der Waals surface area contributed by atoms with Crippen LogP contribution < -0.4 is 10.1 Å². The molecule has 1 unspecified atom stereocenters. The molecule has 0 saturated heterocycles. The molecule has 0 bridgehead atoms. The van der Waals surface area contributed by atoms with Crippen molar-refractivity contribution in [3.8, 4) is 11.4 Å². The van der Waals surface area contributed by atoms with Gasteiger partial charge in [0.2, 0.25) is 5.95 Å². The molecule has 0 radical (unpaired) electrons. The third kappa shape index (κ3) is 6.21. The molecular formula is C22H27F2N5O3. The Morgan fingerprint density at radius 1 is 1.22 bits per heavy atom. The Hall–Kier alpha value is -3.11. The van der Waals surface area contributed by atoms with Crippen molar-refractivity contribution in [2.24, 2.45) is 0 Å². The van der Waals surface area contributed by atoms with Gasteiger partial charge in [-0.3, -0.25) is 0 Å². The summed E-state index contributed by atoms with van der Waals surface area (Å²) in [6, 6.07) is 7.23. The van der Waals surface area contributed by atoms with Crippen molar-refractivity contribution < 1.29 is 23.4 Å². The molecule has 1 atom stereocenters. The number of alkyl halides is 2. The van der Waals surface area contributed by atoms with Crippen LogP contribution in [0.1, 0.15) is 18.3 Å². The van der Waals surface area contributed by atoms with Gasteiger partial charge in [0.15, 0.2) is 0 Å². The minimum absolute atomic E-state index is 0.123. The van der Waals surface area contributed by atoms with Gasteiger partial charge in [0.25, 0.3) is 0 Å². The van der Waals surface area contributed by atoms with Gasteiger partial charge in [0.05, 0.1) is 37.0 Å². The molecule has 0 spiro atoms. The van der Waals surface area contributed by atoms with Gasteiger partial charge in [0, 0.05) is 36.3 Å². The zero-order chi connectivity index (χ0) is 23.1. The highest BCUT2D eigenvalue weighted by Crippen LogP contribution is 2.28. The Morgan fingerprint density at radius 3 is 2.66 bits per heavy atom. The standard InChI is InChI=1S/C22H27F2N5O3/c1-15-12-29(14-26-15)19-5-4-16(8-20(19)31-3)27-21-25-7-6-17(28-21)9-22(2,30)13-32-18(10-23)11-24/h4-8,12,14,18,30H,9-11,13H2,1-3H3,(H,25,27,28). The number of benzene rings is 1. The van der Waals surface area contributed by atoms with E-state index in [1.54, 1.807) is 25.7 Å². The topological polar surface area (TPSA) is 94.3 Å². The SMILES string of the molecule is COc1cc(Nc2nccc(CC(C)(O)COC(CF)CF)n2)ccc1-n1cnc(C)c1. The summed E-state index contributed by atoms with van der Waals surface area (Å²) in [7, 11) is 1.59. The van der Waals surface area contributed by atoms with E-state index in [4.69, 9.17) is 9.47 Å². The summed E-state index contributed by atoms with van der Waals surface area (Å²) in [5.74, 6) is 0.969. The van der Waals surface area contributed by atoms with Crippen molar-refractivity contribution in [2.75, 3.05) is 32.4 Å². The molecule has 2 N–H and O–H groups in total. The Morgan fingerprint density at radius 2 is 2.00 bits per heavy atom. The first-order valence-corrected chi connectivity index (χ1v) is 10.1. The lowest BCUT2D eigenvalue weighted by atomic mass is 10.0. The van der Waals surface area contributed by atoms with Crippen LogP contribution in [0.4, 0.5) is 20.4 Å². The molecule has 0 aliphatic rings. The predicted octanol–water partition coefficient (Wildman–Crippen LogP) is 3.34. The summed E-state index contributed by atoms with van der Waals surface area (Å²) in [5, 5.41) is 13.6. The van der Waals surface area contributed by atoms with Crippen LogP contribution in [0.25, 0.3) is 5.69 Å². The van der Waals surface area contributed by atoms with Gasteiger partial charge >= 0.3 is 0 Å². The molecule has 2 heterocycles. The van der Waals surface area contributed by atoms with Crippen molar-refractivity contribution in [3.63, 3.8) is 0 Å². The number of nitrogens with one attached hydrogen (secondary N) is 1. The van der Waals surface area contributed by atoms with Crippen LogP contribution >= 0.6 is 0 Å². The van der Waals surface area contributed by atoms with Crippen LogP contribution in [0.15, 0.2) is 43.0 Å². The van der Waals surface area contributed by atoms with Gasteiger partial charge in [-0.2, -0.15) is 0 Å². The number of rotatable bonds is 11. The van der Waals surface area contributed by atoms with Gasteiger partial charge in [-0.25, -0.2) is 23.7 Å². The van der Waals surface area contributed by atoms with E-state index in [9.17, 15) is 13.9 Å². The van der Waals surface area contributed by atoms with Crippen LogP contribution in [0.5, 0.6) is 5.75 Å². The molecule has 2 aromatic heterocycles. The van der Waals surface area contributed by atoms with Crippen LogP contribution in [-0.4, -0.2) is 63.4 Å². The molecule has 1 aromatic carbocycles. The van der Waals surface area contributed by atoms with E-state index in [1.807, 2.05) is 35.9 Å². The fourth-order valence-electron chi connectivity index (χ4n) is 3.07. The van der Waals surface area contributed by atoms with Crippen molar-refractivity contribution in [1.29, 1.82) is 0 Å². The summed E-state index contributed by atoms with van der Waals surface area (Å²) in [4.78, 5) is 12.9. The quantitative estimate of drug-likeness (QED) is 0.466. The largest absolute Gasteiger partial charge is 0.494 e. The number of aryl methyl sites for hydroxylation is 1. The zero-order valence-electron chi connectivity index (χ0n) is 18.3. The van der Waals surface area contributed by atoms with Crippen LogP contribution in [0.3, 0.4) is 0 Å². The second-order valence-electron chi connectivity index (χ2n) is 7.72. The maximum atomic E-state index is 12.6. The smallest absolute Gasteiger partial charge is 0.227 e. The molecule has 32 heavy (non-hydrogen) atoms. The first-order chi connectivity index (χ1) is 15.3. The number of methoxy groups -OCH3 is 1. The van der Waals surface area contributed by atoms with Crippen molar-refractivity contribution in [1.82, 2.24) is 19.5 Å². The first-order valence-electron chi connectivity index (χ1n) is 10.1. The Kier molecular flexibility index (Phi) is 7.70. The maximum Gasteiger partial charge on any atom is 0.227 e. The van der Waals surface area contributed by atoms with E-state index in [0.717, 1.165) is 11.4 Å². The number of halogens is 2. The van der Waals surface area contributed by atoms with E-state index in [-0.39, 0.29) is 13.0 Å². The number of ether oxygens (including phenoxy) is 2. The summed E-state index contributed by atoms with van der Waals surface area (Å²) in [6.45, 7) is 1.32. The molecule has 3 rings (SSSR count). The van der Waals surface area contributed by atoms with Gasteiger partial charge in [-0.15, -0.1) is 0 Å².